The van der Waals surface area contributed by atoms with Gasteiger partial charge >= 0.3 is 0 Å². The van der Waals surface area contributed by atoms with E-state index in [-0.39, 0.29) is 13.2 Å². The lowest BCUT2D eigenvalue weighted by Crippen LogP contribution is -2.42. The van der Waals surface area contributed by atoms with Crippen LogP contribution in [0.4, 0.5) is 0 Å². The van der Waals surface area contributed by atoms with Crippen molar-refractivity contribution in [1.82, 2.24) is 5.32 Å². The van der Waals surface area contributed by atoms with E-state index in [4.69, 9.17) is 15.9 Å². The number of aliphatic hydroxyl groups excluding tert-OH is 2. The first kappa shape index (κ1) is 12.3. The number of carbonyl (C=O) groups excluding carboxylic acids is 1. The van der Waals surface area contributed by atoms with Crippen LogP contribution < -0.4 is 11.1 Å². The Morgan fingerprint density at radius 2 is 2.15 bits per heavy atom. The predicted octanol–water partition coefficient (Wildman–Crippen LogP) is -1.56. The van der Waals surface area contributed by atoms with Gasteiger partial charge in [-0.15, -0.1) is 0 Å². The molecular weight excluding hydrogens is 172 g/mol. The van der Waals surface area contributed by atoms with Crippen LogP contribution >= 0.6 is 0 Å². The fourth-order valence-corrected chi connectivity index (χ4v) is 0.703. The highest BCUT2D eigenvalue weighted by molar-refractivity contribution is 5.80. The van der Waals surface area contributed by atoms with Gasteiger partial charge in [-0.05, 0) is 13.8 Å². The first-order valence-electron chi connectivity index (χ1n) is 4.19. The van der Waals surface area contributed by atoms with Crippen LogP contribution in [0, 0.1) is 5.41 Å². The number of hydrogen-bond acceptors (Lipinski definition) is 4. The minimum atomic E-state index is -0.788. The van der Waals surface area contributed by atoms with Crippen molar-refractivity contribution in [1.29, 1.82) is 0 Å². The highest BCUT2D eigenvalue weighted by atomic mass is 16.3. The second kappa shape index (κ2) is 5.16. The molecule has 0 rings (SSSR count). The topological polar surface area (TPSA) is 95.6 Å². The van der Waals surface area contributed by atoms with E-state index in [0.717, 1.165) is 0 Å². The molecule has 5 N–H and O–H groups in total. The lowest BCUT2D eigenvalue weighted by molar-refractivity contribution is -0.125. The molecule has 5 heteroatoms. The van der Waals surface area contributed by atoms with Crippen molar-refractivity contribution in [3.05, 3.63) is 0 Å². The van der Waals surface area contributed by atoms with E-state index in [0.29, 0.717) is 6.54 Å². The second-order valence-electron chi connectivity index (χ2n) is 3.72. The number of hydrogen-bond donors (Lipinski definition) is 4. The van der Waals surface area contributed by atoms with Crippen LogP contribution in [0.2, 0.25) is 0 Å². The van der Waals surface area contributed by atoms with E-state index in [1.165, 1.54) is 0 Å². The maximum Gasteiger partial charge on any atom is 0.224 e. The molecule has 0 bridgehead atoms. The van der Waals surface area contributed by atoms with Crippen molar-refractivity contribution >= 4 is 5.91 Å². The van der Waals surface area contributed by atoms with Gasteiger partial charge in [0.2, 0.25) is 5.91 Å². The molecule has 0 aromatic rings. The Morgan fingerprint density at radius 1 is 1.62 bits per heavy atom. The molecule has 0 saturated carbocycles. The van der Waals surface area contributed by atoms with Gasteiger partial charge in [0.15, 0.2) is 0 Å². The third-order valence-corrected chi connectivity index (χ3v) is 1.82. The molecule has 0 aliphatic carbocycles. The van der Waals surface area contributed by atoms with Gasteiger partial charge in [0.1, 0.15) is 0 Å². The fourth-order valence-electron chi connectivity index (χ4n) is 0.703. The van der Waals surface area contributed by atoms with E-state index in [9.17, 15) is 4.79 Å². The number of aliphatic hydroxyl groups is 2. The van der Waals surface area contributed by atoms with E-state index < -0.39 is 17.4 Å². The number of rotatable bonds is 6. The van der Waals surface area contributed by atoms with Crippen molar-refractivity contribution in [3.8, 4) is 0 Å². The molecule has 0 fully saturated rings. The summed E-state index contributed by atoms with van der Waals surface area (Å²) in [4.78, 5) is 10.8. The normalized spacial score (nSPS) is 14.2. The summed E-state index contributed by atoms with van der Waals surface area (Å²) < 4.78 is 0. The van der Waals surface area contributed by atoms with Gasteiger partial charge in [0, 0.05) is 13.1 Å². The third-order valence-electron chi connectivity index (χ3n) is 1.82. The fraction of sp³-hybridized carbons (Fsp3) is 0.875. The number of carbonyl (C=O) groups is 1. The largest absolute Gasteiger partial charge is 0.394 e. The summed E-state index contributed by atoms with van der Waals surface area (Å²) in [6.45, 7) is 3.79. The second-order valence-corrected chi connectivity index (χ2v) is 3.72. The molecule has 1 amide bonds. The third kappa shape index (κ3) is 4.82. The average Bonchev–Trinajstić information content (AvgIpc) is 2.03. The number of nitrogens with one attached hydrogen (secondary N) is 1. The molecule has 0 radical (unpaired) electrons. The van der Waals surface area contributed by atoms with E-state index in [1.54, 1.807) is 13.8 Å². The Labute approximate surface area is 77.9 Å². The van der Waals surface area contributed by atoms with Crippen molar-refractivity contribution in [3.63, 3.8) is 0 Å². The molecule has 13 heavy (non-hydrogen) atoms. The van der Waals surface area contributed by atoms with Crippen LogP contribution in [0.25, 0.3) is 0 Å². The molecule has 5 nitrogen and oxygen atoms in total. The lowest BCUT2D eigenvalue weighted by atomic mass is 9.93. The Morgan fingerprint density at radius 3 is 2.54 bits per heavy atom. The van der Waals surface area contributed by atoms with Gasteiger partial charge in [-0.2, -0.15) is 0 Å². The summed E-state index contributed by atoms with van der Waals surface area (Å²) in [5, 5.41) is 20.3. The molecule has 78 valence electrons. The number of primary amides is 1. The minimum absolute atomic E-state index is 0.257. The summed E-state index contributed by atoms with van der Waals surface area (Å²) in [5.41, 5.74) is 4.50. The zero-order valence-corrected chi connectivity index (χ0v) is 8.08. The summed E-state index contributed by atoms with van der Waals surface area (Å²) in [7, 11) is 0. The zero-order chi connectivity index (χ0) is 10.5. The first-order valence-corrected chi connectivity index (χ1v) is 4.19. The van der Waals surface area contributed by atoms with E-state index >= 15 is 0 Å². The van der Waals surface area contributed by atoms with E-state index in [2.05, 4.69) is 5.32 Å². The van der Waals surface area contributed by atoms with Gasteiger partial charge in [0.05, 0.1) is 18.1 Å². The van der Waals surface area contributed by atoms with Crippen LogP contribution in [-0.2, 0) is 4.79 Å². The maximum absolute atomic E-state index is 10.8. The van der Waals surface area contributed by atoms with Crippen LogP contribution in [0.5, 0.6) is 0 Å². The standard InChI is InChI=1S/C8H18N2O3/c1-8(2,7(9)13)5-10-3-6(12)4-11/h6,10-12H,3-5H2,1-2H3,(H2,9,13)/t6-/m0/s1. The van der Waals surface area contributed by atoms with Crippen LogP contribution in [0.15, 0.2) is 0 Å². The zero-order valence-electron chi connectivity index (χ0n) is 8.08. The lowest BCUT2D eigenvalue weighted by Gasteiger charge is -2.21. The monoisotopic (exact) mass is 190 g/mol. The van der Waals surface area contributed by atoms with E-state index in [1.807, 2.05) is 0 Å². The molecule has 0 unspecified atom stereocenters. The average molecular weight is 190 g/mol. The Bertz CT molecular complexity index is 171. The van der Waals surface area contributed by atoms with Crippen molar-refractivity contribution < 1.29 is 15.0 Å². The van der Waals surface area contributed by atoms with Gasteiger partial charge in [-0.3, -0.25) is 4.79 Å². The molecule has 0 aromatic carbocycles. The molecule has 0 saturated heterocycles. The quantitative estimate of drug-likeness (QED) is 0.407. The van der Waals surface area contributed by atoms with Crippen molar-refractivity contribution in [2.24, 2.45) is 11.1 Å². The summed E-state index contributed by atoms with van der Waals surface area (Å²) in [5.74, 6) is -0.390. The molecule has 1 atom stereocenters. The Kier molecular flexibility index (Phi) is 4.90. The molecule has 0 aliphatic heterocycles. The smallest absolute Gasteiger partial charge is 0.224 e. The predicted molar refractivity (Wildman–Crippen MR) is 48.9 cm³/mol. The SMILES string of the molecule is CC(C)(CNC[C@H](O)CO)C(N)=O. The summed E-state index contributed by atoms with van der Waals surface area (Å²) in [6.07, 6.45) is -0.788. The minimum Gasteiger partial charge on any atom is -0.394 e. The molecule has 0 spiro atoms. The van der Waals surface area contributed by atoms with Gasteiger partial charge < -0.3 is 21.3 Å². The highest BCUT2D eigenvalue weighted by Gasteiger charge is 2.24. The Hall–Kier alpha value is -0.650. The van der Waals surface area contributed by atoms with Crippen LogP contribution in [0.1, 0.15) is 13.8 Å². The van der Waals surface area contributed by atoms with Crippen LogP contribution in [-0.4, -0.2) is 41.9 Å². The van der Waals surface area contributed by atoms with Gasteiger partial charge in [-0.25, -0.2) is 0 Å². The summed E-state index contributed by atoms with van der Waals surface area (Å²) in [6, 6.07) is 0. The highest BCUT2D eigenvalue weighted by Crippen LogP contribution is 2.11. The van der Waals surface area contributed by atoms with Gasteiger partial charge in [-0.1, -0.05) is 0 Å². The molecule has 0 heterocycles. The molecule has 0 aliphatic rings. The summed E-state index contributed by atoms with van der Waals surface area (Å²) >= 11 is 0. The van der Waals surface area contributed by atoms with Gasteiger partial charge in [0.25, 0.3) is 0 Å². The van der Waals surface area contributed by atoms with Crippen LogP contribution in [0.3, 0.4) is 0 Å². The first-order chi connectivity index (χ1) is 5.90. The van der Waals surface area contributed by atoms with Crippen molar-refractivity contribution in [2.45, 2.75) is 20.0 Å². The Balaban J connectivity index is 3.70. The molecular formula is C8H18N2O3. The number of amides is 1. The number of nitrogens with two attached hydrogens (primary N) is 1. The maximum atomic E-state index is 10.8. The van der Waals surface area contributed by atoms with Crippen molar-refractivity contribution in [2.75, 3.05) is 19.7 Å². The molecule has 0 aromatic heterocycles.